The van der Waals surface area contributed by atoms with Crippen LogP contribution in [-0.4, -0.2) is 37.3 Å². The summed E-state index contributed by atoms with van der Waals surface area (Å²) in [5.74, 6) is 1.08. The zero-order chi connectivity index (χ0) is 12.0. The van der Waals surface area contributed by atoms with Crippen LogP contribution < -0.4 is 10.6 Å². The largest absolute Gasteiger partial charge is 0.381 e. The van der Waals surface area contributed by atoms with Crippen molar-refractivity contribution in [3.8, 4) is 0 Å². The molecule has 0 aromatic rings. The van der Waals surface area contributed by atoms with Crippen LogP contribution in [0.15, 0.2) is 5.10 Å². The fraction of sp³-hybridized carbons (Fsp3) is 0.889. The van der Waals surface area contributed by atoms with Crippen molar-refractivity contribution in [3.05, 3.63) is 10.1 Å². The van der Waals surface area contributed by atoms with Crippen molar-refractivity contribution in [3.63, 3.8) is 0 Å². The predicted molar refractivity (Wildman–Crippen MR) is 59.6 cm³/mol. The number of nitrogens with one attached hydrogen (secondary N) is 2. The number of hydrazone groups is 1. The summed E-state index contributed by atoms with van der Waals surface area (Å²) in [5.41, 5.74) is 0. The Morgan fingerprint density at radius 3 is 2.81 bits per heavy atom. The maximum atomic E-state index is 10.3. The third-order valence-corrected chi connectivity index (χ3v) is 2.57. The van der Waals surface area contributed by atoms with Gasteiger partial charge in [-0.2, -0.15) is 0 Å². The number of hydrogen-bond donors (Lipinski definition) is 2. The topological polar surface area (TPSA) is 88.8 Å². The van der Waals surface area contributed by atoms with Gasteiger partial charge >= 0.3 is 0 Å². The molecule has 0 aliphatic carbocycles. The van der Waals surface area contributed by atoms with E-state index < -0.39 is 5.03 Å². The highest BCUT2D eigenvalue weighted by Crippen LogP contribution is 2.18. The van der Waals surface area contributed by atoms with Crippen LogP contribution >= 0.6 is 0 Å². The maximum Gasteiger partial charge on any atom is 0.268 e. The first kappa shape index (κ1) is 12.7. The van der Waals surface area contributed by atoms with Crippen LogP contribution in [-0.2, 0) is 4.74 Å². The van der Waals surface area contributed by atoms with E-state index in [0.29, 0.717) is 31.5 Å². The lowest BCUT2D eigenvalue weighted by molar-refractivity contribution is -0.485. The highest BCUT2D eigenvalue weighted by molar-refractivity contribution is 5.78. The zero-order valence-corrected chi connectivity index (χ0v) is 9.60. The molecule has 1 saturated heterocycles. The minimum Gasteiger partial charge on any atom is -0.381 e. The van der Waals surface area contributed by atoms with Crippen LogP contribution in [0.1, 0.15) is 13.8 Å². The summed E-state index contributed by atoms with van der Waals surface area (Å²) in [5, 5.41) is 18.5. The lowest BCUT2D eigenvalue weighted by Gasteiger charge is -2.14. The highest BCUT2D eigenvalue weighted by atomic mass is 16.7. The first-order chi connectivity index (χ1) is 7.63. The van der Waals surface area contributed by atoms with E-state index in [4.69, 9.17) is 4.74 Å². The maximum absolute atomic E-state index is 10.3. The van der Waals surface area contributed by atoms with Crippen LogP contribution in [0.5, 0.6) is 0 Å². The quantitative estimate of drug-likeness (QED) is 0.307. The molecule has 92 valence electrons. The lowest BCUT2D eigenvalue weighted by atomic mass is 9.98. The van der Waals surface area contributed by atoms with Crippen LogP contribution in [0.25, 0.3) is 0 Å². The molecule has 1 heterocycles. The Hall–Kier alpha value is -1.37. The average Bonchev–Trinajstić information content (AvgIpc) is 2.60. The minimum atomic E-state index is -0.709. The lowest BCUT2D eigenvalue weighted by Crippen LogP contribution is -2.41. The molecule has 0 bridgehead atoms. The molecule has 2 unspecified atom stereocenters. The van der Waals surface area contributed by atoms with E-state index in [1.807, 2.05) is 6.92 Å². The molecule has 2 atom stereocenters. The summed E-state index contributed by atoms with van der Waals surface area (Å²) >= 11 is 0. The first-order valence-corrected chi connectivity index (χ1v) is 5.42. The van der Waals surface area contributed by atoms with Crippen molar-refractivity contribution in [2.45, 2.75) is 13.8 Å². The van der Waals surface area contributed by atoms with Crippen molar-refractivity contribution >= 4 is 5.96 Å². The van der Waals surface area contributed by atoms with E-state index >= 15 is 0 Å². The standard InChI is InChI=1S/C9H18N4O3/c1-3-10-9(12-13(14)15)11-4-8-6-16-5-7(8)2/h7-8H,3-6H2,1-2H3,(H2,10,11,12). The van der Waals surface area contributed by atoms with Crippen molar-refractivity contribution < 1.29 is 9.77 Å². The van der Waals surface area contributed by atoms with E-state index in [-0.39, 0.29) is 5.96 Å². The van der Waals surface area contributed by atoms with Gasteiger partial charge in [0.15, 0.2) is 5.03 Å². The van der Waals surface area contributed by atoms with Gasteiger partial charge in [0, 0.05) is 25.6 Å². The molecule has 7 nitrogen and oxygen atoms in total. The van der Waals surface area contributed by atoms with Crippen LogP contribution in [0, 0.1) is 22.0 Å². The number of guanidine groups is 1. The molecule has 1 fully saturated rings. The fourth-order valence-corrected chi connectivity index (χ4v) is 1.58. The zero-order valence-electron chi connectivity index (χ0n) is 9.60. The first-order valence-electron chi connectivity index (χ1n) is 5.42. The van der Waals surface area contributed by atoms with Gasteiger partial charge in [0.25, 0.3) is 5.96 Å². The number of hydrogen-bond acceptors (Lipinski definition) is 3. The molecule has 1 rings (SSSR count). The molecule has 0 aromatic heterocycles. The van der Waals surface area contributed by atoms with Gasteiger partial charge in [0.2, 0.25) is 0 Å². The number of nitro groups is 1. The SMILES string of the molecule is CCN/C(=N\[N+](=O)[O-])NCC1COCC1C. The van der Waals surface area contributed by atoms with Gasteiger partial charge in [0.1, 0.15) is 5.10 Å². The van der Waals surface area contributed by atoms with Crippen molar-refractivity contribution in [1.82, 2.24) is 10.6 Å². The molecule has 2 N–H and O–H groups in total. The highest BCUT2D eigenvalue weighted by Gasteiger charge is 2.24. The number of ether oxygens (including phenoxy) is 1. The van der Waals surface area contributed by atoms with Crippen LogP contribution in [0.4, 0.5) is 0 Å². The number of nitrogens with zero attached hydrogens (tertiary/aromatic N) is 2. The Kier molecular flexibility index (Phi) is 4.97. The fourth-order valence-electron chi connectivity index (χ4n) is 1.58. The van der Waals surface area contributed by atoms with Gasteiger partial charge in [-0.3, -0.25) is 0 Å². The van der Waals surface area contributed by atoms with E-state index in [1.165, 1.54) is 0 Å². The summed E-state index contributed by atoms with van der Waals surface area (Å²) in [6.45, 7) is 6.66. The Labute approximate surface area is 94.4 Å². The molecule has 7 heteroatoms. The van der Waals surface area contributed by atoms with Gasteiger partial charge in [0.05, 0.1) is 6.61 Å². The second kappa shape index (κ2) is 6.26. The van der Waals surface area contributed by atoms with Gasteiger partial charge in [-0.15, -0.1) is 0 Å². The normalized spacial score (nSPS) is 25.5. The van der Waals surface area contributed by atoms with Gasteiger partial charge in [-0.1, -0.05) is 6.92 Å². The Morgan fingerprint density at radius 2 is 2.31 bits per heavy atom. The third-order valence-electron chi connectivity index (χ3n) is 2.57. The summed E-state index contributed by atoms with van der Waals surface area (Å²) in [7, 11) is 0. The summed E-state index contributed by atoms with van der Waals surface area (Å²) in [6.07, 6.45) is 0. The smallest absolute Gasteiger partial charge is 0.268 e. The van der Waals surface area contributed by atoms with E-state index in [9.17, 15) is 10.1 Å². The Morgan fingerprint density at radius 1 is 1.56 bits per heavy atom. The van der Waals surface area contributed by atoms with E-state index in [1.54, 1.807) is 0 Å². The Balaban J connectivity index is 2.40. The minimum absolute atomic E-state index is 0.214. The molecular weight excluding hydrogens is 212 g/mol. The van der Waals surface area contributed by atoms with Crippen molar-refractivity contribution in [1.29, 1.82) is 0 Å². The van der Waals surface area contributed by atoms with Gasteiger partial charge in [-0.05, 0) is 12.8 Å². The molecule has 1 aliphatic rings. The Bertz CT molecular complexity index is 269. The van der Waals surface area contributed by atoms with E-state index in [0.717, 1.165) is 6.61 Å². The second-order valence-corrected chi connectivity index (χ2v) is 3.87. The second-order valence-electron chi connectivity index (χ2n) is 3.87. The number of rotatable bonds is 4. The molecule has 16 heavy (non-hydrogen) atoms. The average molecular weight is 230 g/mol. The van der Waals surface area contributed by atoms with Crippen LogP contribution in [0.3, 0.4) is 0 Å². The molecule has 0 spiro atoms. The molecule has 1 aliphatic heterocycles. The predicted octanol–water partition coefficient (Wildman–Crippen LogP) is 0.0157. The van der Waals surface area contributed by atoms with Crippen LogP contribution in [0.2, 0.25) is 0 Å². The molecular formula is C9H18N4O3. The summed E-state index contributed by atoms with van der Waals surface area (Å²) in [4.78, 5) is 10.3. The molecule has 0 radical (unpaired) electrons. The van der Waals surface area contributed by atoms with Gasteiger partial charge < -0.3 is 15.4 Å². The van der Waals surface area contributed by atoms with Crippen molar-refractivity contribution in [2.24, 2.45) is 16.9 Å². The summed E-state index contributed by atoms with van der Waals surface area (Å²) in [6, 6.07) is 0. The monoisotopic (exact) mass is 230 g/mol. The summed E-state index contributed by atoms with van der Waals surface area (Å²) < 4.78 is 5.31. The van der Waals surface area contributed by atoms with Gasteiger partial charge in [-0.25, -0.2) is 10.1 Å². The molecule has 0 aromatic carbocycles. The van der Waals surface area contributed by atoms with E-state index in [2.05, 4.69) is 22.7 Å². The molecule has 0 saturated carbocycles. The van der Waals surface area contributed by atoms with Crippen molar-refractivity contribution in [2.75, 3.05) is 26.3 Å². The molecule has 0 amide bonds. The third kappa shape index (κ3) is 4.01.